The van der Waals surface area contributed by atoms with Gasteiger partial charge in [0.2, 0.25) is 0 Å². The van der Waals surface area contributed by atoms with Crippen molar-refractivity contribution in [3.05, 3.63) is 67.9 Å². The minimum Gasteiger partial charge on any atom is -0.247 e. The molecule has 0 saturated heterocycles. The summed E-state index contributed by atoms with van der Waals surface area (Å²) in [6, 6.07) is 0. The van der Waals surface area contributed by atoms with Crippen LogP contribution < -0.4 is 17.1 Å². The van der Waals surface area contributed by atoms with Crippen LogP contribution in [0.2, 0.25) is 0 Å². The third-order valence-electron chi connectivity index (χ3n) is 3.65. The molecule has 0 spiro atoms. The smallest absolute Gasteiger partial charge is 0.247 e. The largest absolute Gasteiger partial charge is 0.336 e. The van der Waals surface area contributed by atoms with E-state index in [2.05, 4.69) is 0 Å². The van der Waals surface area contributed by atoms with Crippen molar-refractivity contribution in [3.8, 4) is 0 Å². The van der Waals surface area contributed by atoms with E-state index in [1.807, 2.05) is 57.2 Å². The SMILES string of the molecule is CC=CCCn1c(=O)n(CCC=CC)c(=O)n(CCC=CC)c1=O. The highest BCUT2D eigenvalue weighted by Gasteiger charge is 2.14. The summed E-state index contributed by atoms with van der Waals surface area (Å²) < 4.78 is 3.48. The predicted molar refractivity (Wildman–Crippen MR) is 97.5 cm³/mol. The third kappa shape index (κ3) is 5.08. The fourth-order valence-corrected chi connectivity index (χ4v) is 2.37. The summed E-state index contributed by atoms with van der Waals surface area (Å²) in [5, 5.41) is 0. The van der Waals surface area contributed by atoms with E-state index in [0.29, 0.717) is 19.3 Å². The Labute approximate surface area is 142 Å². The molecule has 0 atom stereocenters. The molecule has 0 aliphatic rings. The first kappa shape index (κ1) is 19.7. The van der Waals surface area contributed by atoms with Crippen LogP contribution in [0.15, 0.2) is 50.8 Å². The van der Waals surface area contributed by atoms with Crippen LogP contribution in [0.25, 0.3) is 0 Å². The van der Waals surface area contributed by atoms with Gasteiger partial charge in [0.25, 0.3) is 0 Å². The first-order chi connectivity index (χ1) is 11.6. The molecule has 0 saturated carbocycles. The summed E-state index contributed by atoms with van der Waals surface area (Å²) in [6.07, 6.45) is 13.0. The lowest BCUT2D eigenvalue weighted by molar-refractivity contribution is 0.449. The molecule has 0 N–H and O–H groups in total. The maximum atomic E-state index is 12.5. The lowest BCUT2D eigenvalue weighted by atomic mass is 10.3. The number of hydrogen-bond donors (Lipinski definition) is 0. The average molecular weight is 333 g/mol. The first-order valence-electron chi connectivity index (χ1n) is 8.36. The van der Waals surface area contributed by atoms with Gasteiger partial charge in [0.15, 0.2) is 0 Å². The van der Waals surface area contributed by atoms with Crippen LogP contribution in [-0.2, 0) is 19.6 Å². The zero-order chi connectivity index (χ0) is 17.9. The second-order valence-electron chi connectivity index (χ2n) is 5.38. The Morgan fingerprint density at radius 1 is 0.583 bits per heavy atom. The molecule has 0 amide bonds. The van der Waals surface area contributed by atoms with Gasteiger partial charge in [-0.2, -0.15) is 0 Å². The number of rotatable bonds is 9. The Balaban J connectivity index is 3.37. The molecule has 132 valence electrons. The van der Waals surface area contributed by atoms with Crippen LogP contribution >= 0.6 is 0 Å². The zero-order valence-electron chi connectivity index (χ0n) is 14.8. The molecule has 1 heterocycles. The summed E-state index contributed by atoms with van der Waals surface area (Å²) in [6.45, 7) is 6.48. The Morgan fingerprint density at radius 3 is 1.04 bits per heavy atom. The monoisotopic (exact) mass is 333 g/mol. The Hall–Kier alpha value is -2.37. The van der Waals surface area contributed by atoms with Crippen LogP contribution in [0.4, 0.5) is 0 Å². The van der Waals surface area contributed by atoms with Gasteiger partial charge in [0, 0.05) is 19.6 Å². The molecule has 1 rings (SSSR count). The average Bonchev–Trinajstić information content (AvgIpc) is 2.57. The van der Waals surface area contributed by atoms with E-state index in [9.17, 15) is 14.4 Å². The van der Waals surface area contributed by atoms with E-state index < -0.39 is 17.1 Å². The van der Waals surface area contributed by atoms with Crippen LogP contribution in [-0.4, -0.2) is 13.7 Å². The normalized spacial score (nSPS) is 12.1. The molecule has 1 aromatic heterocycles. The topological polar surface area (TPSA) is 66.0 Å². The number of hydrogen-bond acceptors (Lipinski definition) is 3. The molecular formula is C18H27N3O3. The molecule has 1 aromatic rings. The van der Waals surface area contributed by atoms with Crippen LogP contribution in [0.5, 0.6) is 0 Å². The molecule has 0 fully saturated rings. The molecule has 0 unspecified atom stereocenters. The molecule has 0 aliphatic heterocycles. The van der Waals surface area contributed by atoms with Gasteiger partial charge < -0.3 is 0 Å². The van der Waals surface area contributed by atoms with Crippen molar-refractivity contribution in [2.24, 2.45) is 0 Å². The van der Waals surface area contributed by atoms with E-state index in [1.165, 1.54) is 0 Å². The van der Waals surface area contributed by atoms with Gasteiger partial charge in [-0.05, 0) is 40.0 Å². The lowest BCUT2D eigenvalue weighted by Crippen LogP contribution is -2.54. The molecule has 0 bridgehead atoms. The van der Waals surface area contributed by atoms with Crippen molar-refractivity contribution >= 4 is 0 Å². The van der Waals surface area contributed by atoms with Gasteiger partial charge >= 0.3 is 17.1 Å². The van der Waals surface area contributed by atoms with Crippen molar-refractivity contribution in [3.63, 3.8) is 0 Å². The number of allylic oxidation sites excluding steroid dienone is 6. The minimum absolute atomic E-state index is 0.273. The fourth-order valence-electron chi connectivity index (χ4n) is 2.37. The van der Waals surface area contributed by atoms with Crippen molar-refractivity contribution in [1.82, 2.24) is 13.7 Å². The van der Waals surface area contributed by atoms with Crippen LogP contribution in [0.3, 0.4) is 0 Å². The molecule has 6 nitrogen and oxygen atoms in total. The van der Waals surface area contributed by atoms with Crippen molar-refractivity contribution in [2.45, 2.75) is 59.7 Å². The fraction of sp³-hybridized carbons (Fsp3) is 0.500. The standard InChI is InChI=1S/C18H27N3O3/c1-4-7-10-13-19-16(22)20(14-11-8-5-2)18(24)21(17(19)23)15-12-9-6-3/h4-9H,10-15H2,1-3H3. The summed E-state index contributed by atoms with van der Waals surface area (Å²) in [7, 11) is 0. The summed E-state index contributed by atoms with van der Waals surface area (Å²) >= 11 is 0. The van der Waals surface area contributed by atoms with Gasteiger partial charge in [-0.15, -0.1) is 0 Å². The molecular weight excluding hydrogens is 306 g/mol. The van der Waals surface area contributed by atoms with Crippen LogP contribution in [0, 0.1) is 0 Å². The summed E-state index contributed by atoms with van der Waals surface area (Å²) in [5.41, 5.74) is -1.58. The quantitative estimate of drug-likeness (QED) is 0.650. The van der Waals surface area contributed by atoms with E-state index >= 15 is 0 Å². The minimum atomic E-state index is -0.527. The van der Waals surface area contributed by atoms with E-state index in [1.54, 1.807) is 0 Å². The second-order valence-corrected chi connectivity index (χ2v) is 5.38. The highest BCUT2D eigenvalue weighted by atomic mass is 16.2. The van der Waals surface area contributed by atoms with Gasteiger partial charge in [-0.25, -0.2) is 28.1 Å². The predicted octanol–water partition coefficient (Wildman–Crippen LogP) is 2.07. The van der Waals surface area contributed by atoms with Gasteiger partial charge in [-0.3, -0.25) is 0 Å². The Bertz CT molecular complexity index is 641. The maximum absolute atomic E-state index is 12.5. The number of aromatic nitrogens is 3. The van der Waals surface area contributed by atoms with E-state index in [-0.39, 0.29) is 19.6 Å². The number of nitrogens with zero attached hydrogens (tertiary/aromatic N) is 3. The zero-order valence-corrected chi connectivity index (χ0v) is 14.8. The van der Waals surface area contributed by atoms with Gasteiger partial charge in [0.1, 0.15) is 0 Å². The third-order valence-corrected chi connectivity index (χ3v) is 3.65. The van der Waals surface area contributed by atoms with Gasteiger partial charge in [-0.1, -0.05) is 36.5 Å². The van der Waals surface area contributed by atoms with E-state index in [0.717, 1.165) is 13.7 Å². The molecule has 0 aliphatic carbocycles. The molecule has 6 heteroatoms. The Kier molecular flexibility index (Phi) is 8.54. The Morgan fingerprint density at radius 2 is 0.833 bits per heavy atom. The summed E-state index contributed by atoms with van der Waals surface area (Å²) in [4.78, 5) is 37.6. The van der Waals surface area contributed by atoms with Crippen LogP contribution in [0.1, 0.15) is 40.0 Å². The van der Waals surface area contributed by atoms with Crippen molar-refractivity contribution < 1.29 is 0 Å². The van der Waals surface area contributed by atoms with Crippen molar-refractivity contribution in [2.75, 3.05) is 0 Å². The first-order valence-corrected chi connectivity index (χ1v) is 8.36. The van der Waals surface area contributed by atoms with Gasteiger partial charge in [0.05, 0.1) is 0 Å². The second kappa shape index (κ2) is 10.4. The highest BCUT2D eigenvalue weighted by molar-refractivity contribution is 4.85. The molecule has 0 radical (unpaired) electrons. The van der Waals surface area contributed by atoms with Crippen molar-refractivity contribution in [1.29, 1.82) is 0 Å². The highest BCUT2D eigenvalue weighted by Crippen LogP contribution is 1.90. The molecule has 24 heavy (non-hydrogen) atoms. The summed E-state index contributed by atoms with van der Waals surface area (Å²) in [5.74, 6) is 0. The maximum Gasteiger partial charge on any atom is 0.336 e. The van der Waals surface area contributed by atoms with E-state index in [4.69, 9.17) is 0 Å². The molecule has 0 aromatic carbocycles. The lowest BCUT2D eigenvalue weighted by Gasteiger charge is -2.12.